The van der Waals surface area contributed by atoms with Crippen molar-refractivity contribution < 1.29 is 15.3 Å². The second-order valence-electron chi connectivity index (χ2n) is 6.17. The molecule has 1 heterocycles. The van der Waals surface area contributed by atoms with Crippen LogP contribution in [0.5, 0.6) is 17.2 Å². The monoisotopic (exact) mass is 379 g/mol. The average molecular weight is 379 g/mol. The number of benzene rings is 3. The Labute approximate surface area is 160 Å². The molecule has 0 aliphatic heterocycles. The van der Waals surface area contributed by atoms with Crippen molar-refractivity contribution in [1.29, 1.82) is 0 Å². The number of thiol groups is 1. The summed E-state index contributed by atoms with van der Waals surface area (Å²) in [5.41, 5.74) is 2.42. The summed E-state index contributed by atoms with van der Waals surface area (Å²) >= 11 is 4.45. The van der Waals surface area contributed by atoms with Gasteiger partial charge in [0.15, 0.2) is 0 Å². The minimum Gasteiger partial charge on any atom is -0.508 e. The van der Waals surface area contributed by atoms with Crippen LogP contribution in [0.15, 0.2) is 53.6 Å². The third-order valence-corrected chi connectivity index (χ3v) is 4.89. The molecular formula is C20H17N3O3S. The first-order chi connectivity index (χ1) is 13.0. The number of rotatable bonds is 3. The number of aryl methyl sites for hydroxylation is 1. The smallest absolute Gasteiger partial charge is 0.145 e. The molecule has 0 spiro atoms. The minimum absolute atomic E-state index is 0.0293. The van der Waals surface area contributed by atoms with E-state index in [4.69, 9.17) is 0 Å². The highest BCUT2D eigenvalue weighted by atomic mass is 32.1. The van der Waals surface area contributed by atoms with E-state index >= 15 is 0 Å². The highest BCUT2D eigenvalue weighted by Gasteiger charge is 2.20. The lowest BCUT2D eigenvalue weighted by Crippen LogP contribution is -2.01. The molecule has 1 aromatic heterocycles. The van der Waals surface area contributed by atoms with Crippen LogP contribution in [0.3, 0.4) is 0 Å². The Balaban J connectivity index is 2.02. The van der Waals surface area contributed by atoms with E-state index in [-0.39, 0.29) is 17.2 Å². The molecule has 0 aliphatic carbocycles. The lowest BCUT2D eigenvalue weighted by molar-refractivity contribution is 0.443. The number of hydrogen-bond donors (Lipinski definition) is 4. The van der Waals surface area contributed by atoms with Gasteiger partial charge in [-0.3, -0.25) is 0 Å². The zero-order valence-electron chi connectivity index (χ0n) is 14.5. The molecule has 27 heavy (non-hydrogen) atoms. The number of aromatic nitrogens is 3. The van der Waals surface area contributed by atoms with Gasteiger partial charge in [-0.15, -0.1) is 17.7 Å². The summed E-state index contributed by atoms with van der Waals surface area (Å²) in [5, 5.41) is 40.6. The Morgan fingerprint density at radius 3 is 2.44 bits per heavy atom. The molecule has 0 saturated heterocycles. The van der Waals surface area contributed by atoms with Crippen molar-refractivity contribution in [3.63, 3.8) is 0 Å². The molecular weight excluding hydrogens is 362 g/mol. The van der Waals surface area contributed by atoms with E-state index in [0.29, 0.717) is 33.8 Å². The number of hydrogen-bond acceptors (Lipinski definition) is 6. The maximum Gasteiger partial charge on any atom is 0.145 e. The first-order valence-electron chi connectivity index (χ1n) is 8.42. The Morgan fingerprint density at radius 1 is 0.926 bits per heavy atom. The molecule has 0 fully saturated rings. The van der Waals surface area contributed by atoms with Crippen molar-refractivity contribution in [1.82, 2.24) is 15.0 Å². The molecule has 0 radical (unpaired) electrons. The molecule has 7 heteroatoms. The van der Waals surface area contributed by atoms with Gasteiger partial charge in [0.1, 0.15) is 33.7 Å². The summed E-state index contributed by atoms with van der Waals surface area (Å²) < 4.78 is 1.50. The molecule has 0 atom stereocenters. The molecule has 4 rings (SSSR count). The van der Waals surface area contributed by atoms with Crippen LogP contribution in [0.25, 0.3) is 27.7 Å². The van der Waals surface area contributed by atoms with Crippen LogP contribution in [0.4, 0.5) is 0 Å². The number of fused-ring (bicyclic) bond motifs is 1. The van der Waals surface area contributed by atoms with Gasteiger partial charge in [-0.2, -0.15) is 0 Å². The SMILES string of the molecule is CCc1cc(-n2nnc(S)c2-c2cccc3c(O)cccc23)c(O)cc1O. The van der Waals surface area contributed by atoms with E-state index in [1.165, 1.54) is 10.7 Å². The molecule has 4 aromatic rings. The fraction of sp³-hybridized carbons (Fsp3) is 0.100. The van der Waals surface area contributed by atoms with E-state index in [1.807, 2.05) is 31.2 Å². The van der Waals surface area contributed by atoms with Gasteiger partial charge in [-0.1, -0.05) is 42.5 Å². The van der Waals surface area contributed by atoms with Crippen LogP contribution in [0.2, 0.25) is 0 Å². The highest BCUT2D eigenvalue weighted by Crippen LogP contribution is 2.38. The lowest BCUT2D eigenvalue weighted by atomic mass is 10.0. The third-order valence-electron chi connectivity index (χ3n) is 4.59. The first kappa shape index (κ1) is 17.2. The molecule has 136 valence electrons. The number of phenolic OH excluding ortho intramolecular Hbond substituents is 3. The summed E-state index contributed by atoms with van der Waals surface area (Å²) in [6.07, 6.45) is 0.596. The average Bonchev–Trinajstić information content (AvgIpc) is 3.03. The lowest BCUT2D eigenvalue weighted by Gasteiger charge is -2.13. The molecule has 6 nitrogen and oxygen atoms in total. The molecule has 3 aromatic carbocycles. The largest absolute Gasteiger partial charge is 0.508 e. The summed E-state index contributed by atoms with van der Waals surface area (Å²) in [6, 6.07) is 13.8. The first-order valence-corrected chi connectivity index (χ1v) is 8.87. The molecule has 0 amide bonds. The Hall–Kier alpha value is -3.19. The van der Waals surface area contributed by atoms with Crippen LogP contribution in [-0.4, -0.2) is 30.3 Å². The third kappa shape index (κ3) is 2.76. The Morgan fingerprint density at radius 2 is 1.67 bits per heavy atom. The summed E-state index contributed by atoms with van der Waals surface area (Å²) in [4.78, 5) is 0. The van der Waals surface area contributed by atoms with Crippen LogP contribution < -0.4 is 0 Å². The van der Waals surface area contributed by atoms with Crippen LogP contribution >= 0.6 is 12.6 Å². The minimum atomic E-state index is -0.118. The van der Waals surface area contributed by atoms with Gasteiger partial charge < -0.3 is 15.3 Å². The van der Waals surface area contributed by atoms with E-state index in [1.54, 1.807) is 18.2 Å². The fourth-order valence-corrected chi connectivity index (χ4v) is 3.49. The van der Waals surface area contributed by atoms with Gasteiger partial charge in [0, 0.05) is 17.0 Å². The van der Waals surface area contributed by atoms with Crippen LogP contribution in [0, 0.1) is 0 Å². The number of nitrogens with zero attached hydrogens (tertiary/aromatic N) is 3. The molecule has 0 saturated carbocycles. The van der Waals surface area contributed by atoms with Gasteiger partial charge in [0.2, 0.25) is 0 Å². The normalized spacial score (nSPS) is 11.2. The van der Waals surface area contributed by atoms with Gasteiger partial charge in [0.05, 0.1) is 0 Å². The molecule has 0 aliphatic rings. The topological polar surface area (TPSA) is 91.4 Å². The van der Waals surface area contributed by atoms with Gasteiger partial charge in [-0.25, -0.2) is 4.68 Å². The zero-order valence-corrected chi connectivity index (χ0v) is 15.4. The Bertz CT molecular complexity index is 1170. The second-order valence-corrected chi connectivity index (χ2v) is 6.60. The quantitative estimate of drug-likeness (QED) is 0.403. The molecule has 0 bridgehead atoms. The standard InChI is InChI=1S/C20H17N3O3S/c1-2-11-9-15(18(26)10-17(11)25)23-19(20(27)21-22-23)14-7-3-6-13-12(14)5-4-8-16(13)24/h3-10,24-27H,2H2,1H3. The maximum absolute atomic E-state index is 10.4. The number of phenols is 3. The number of aromatic hydroxyl groups is 3. The van der Waals surface area contributed by atoms with Gasteiger partial charge in [-0.05, 0) is 29.5 Å². The summed E-state index contributed by atoms with van der Waals surface area (Å²) in [6.45, 7) is 1.91. The van der Waals surface area contributed by atoms with Crippen molar-refractivity contribution in [2.75, 3.05) is 0 Å². The van der Waals surface area contributed by atoms with E-state index in [2.05, 4.69) is 22.9 Å². The van der Waals surface area contributed by atoms with E-state index < -0.39 is 0 Å². The van der Waals surface area contributed by atoms with Crippen molar-refractivity contribution in [2.45, 2.75) is 18.4 Å². The second kappa shape index (κ2) is 6.51. The van der Waals surface area contributed by atoms with Crippen molar-refractivity contribution >= 4 is 23.4 Å². The fourth-order valence-electron chi connectivity index (χ4n) is 3.24. The predicted octanol–water partition coefficient (Wildman–Crippen LogP) is 4.06. The predicted molar refractivity (Wildman–Crippen MR) is 106 cm³/mol. The summed E-state index contributed by atoms with van der Waals surface area (Å²) in [5.74, 6) is 0.0868. The molecule has 0 unspecified atom stereocenters. The van der Waals surface area contributed by atoms with Crippen LogP contribution in [-0.2, 0) is 6.42 Å². The van der Waals surface area contributed by atoms with Crippen molar-refractivity contribution in [2.24, 2.45) is 0 Å². The Kier molecular flexibility index (Phi) is 4.16. The van der Waals surface area contributed by atoms with E-state index in [0.717, 1.165) is 10.9 Å². The molecule has 3 N–H and O–H groups in total. The zero-order chi connectivity index (χ0) is 19.1. The van der Waals surface area contributed by atoms with E-state index in [9.17, 15) is 15.3 Å². The van der Waals surface area contributed by atoms with Gasteiger partial charge >= 0.3 is 0 Å². The van der Waals surface area contributed by atoms with Crippen molar-refractivity contribution in [3.8, 4) is 34.2 Å². The van der Waals surface area contributed by atoms with Crippen LogP contribution in [0.1, 0.15) is 12.5 Å². The maximum atomic E-state index is 10.4. The van der Waals surface area contributed by atoms with Crippen molar-refractivity contribution in [3.05, 3.63) is 54.1 Å². The van der Waals surface area contributed by atoms with Gasteiger partial charge in [0.25, 0.3) is 0 Å². The highest BCUT2D eigenvalue weighted by molar-refractivity contribution is 7.80. The summed E-state index contributed by atoms with van der Waals surface area (Å²) in [7, 11) is 0.